The topological polar surface area (TPSA) is 15.3 Å². The Hall–Kier alpha value is -0.380. The van der Waals surface area contributed by atoms with Gasteiger partial charge in [0.05, 0.1) is 0 Å². The predicted octanol–water partition coefficient (Wildman–Crippen LogP) is 3.45. The fraction of sp³-hybridized carbons (Fsp3) is 0.625. The fourth-order valence-electron chi connectivity index (χ4n) is 2.88. The van der Waals surface area contributed by atoms with Gasteiger partial charge in [-0.15, -0.1) is 0 Å². The molecule has 1 saturated heterocycles. The summed E-state index contributed by atoms with van der Waals surface area (Å²) in [5.74, 6) is 0. The summed E-state index contributed by atoms with van der Waals surface area (Å²) < 4.78 is 1.15. The zero-order chi connectivity index (χ0) is 13.8. The monoisotopic (exact) mass is 324 g/mol. The maximum atomic E-state index is 3.79. The van der Waals surface area contributed by atoms with Crippen LogP contribution in [0.5, 0.6) is 0 Å². The predicted molar refractivity (Wildman–Crippen MR) is 85.6 cm³/mol. The molecule has 1 heterocycles. The first-order chi connectivity index (χ1) is 9.04. The van der Waals surface area contributed by atoms with E-state index < -0.39 is 0 Å². The zero-order valence-corrected chi connectivity index (χ0v) is 13.8. The van der Waals surface area contributed by atoms with Crippen LogP contribution >= 0.6 is 15.9 Å². The lowest BCUT2D eigenvalue weighted by molar-refractivity contribution is 0.163. The average molecular weight is 325 g/mol. The lowest BCUT2D eigenvalue weighted by atomic mass is 9.97. The molecule has 3 atom stereocenters. The average Bonchev–Trinajstić information content (AvgIpc) is 2.37. The molecule has 1 aliphatic rings. The molecule has 0 radical (unpaired) electrons. The third-order valence-corrected chi connectivity index (χ3v) is 4.71. The van der Waals surface area contributed by atoms with E-state index >= 15 is 0 Å². The number of nitrogens with one attached hydrogen (secondary N) is 1. The van der Waals surface area contributed by atoms with E-state index in [9.17, 15) is 0 Å². The van der Waals surface area contributed by atoms with Crippen LogP contribution in [-0.2, 0) is 6.42 Å². The van der Waals surface area contributed by atoms with E-state index in [1.807, 2.05) is 0 Å². The number of nitrogens with zero attached hydrogens (tertiary/aromatic N) is 1. The molecule has 0 bridgehead atoms. The first kappa shape index (κ1) is 15.0. The molecule has 0 aromatic heterocycles. The first-order valence-corrected chi connectivity index (χ1v) is 8.04. The fourth-order valence-corrected chi connectivity index (χ4v) is 3.14. The number of hydrogen-bond donors (Lipinski definition) is 1. The van der Waals surface area contributed by atoms with Gasteiger partial charge in [0.1, 0.15) is 0 Å². The maximum Gasteiger partial charge on any atom is 0.0175 e. The molecule has 3 heteroatoms. The van der Waals surface area contributed by atoms with Crippen molar-refractivity contribution < 1.29 is 0 Å². The lowest BCUT2D eigenvalue weighted by Crippen LogP contribution is -2.48. The van der Waals surface area contributed by atoms with E-state index in [-0.39, 0.29) is 0 Å². The smallest absolute Gasteiger partial charge is 0.0175 e. The van der Waals surface area contributed by atoms with Crippen LogP contribution in [0.3, 0.4) is 0 Å². The van der Waals surface area contributed by atoms with E-state index in [1.165, 1.54) is 24.9 Å². The highest BCUT2D eigenvalue weighted by molar-refractivity contribution is 9.10. The highest BCUT2D eigenvalue weighted by Crippen LogP contribution is 2.17. The van der Waals surface area contributed by atoms with Crippen LogP contribution in [0.25, 0.3) is 0 Å². The minimum Gasteiger partial charge on any atom is -0.311 e. The van der Waals surface area contributed by atoms with Gasteiger partial charge in [0.2, 0.25) is 0 Å². The van der Waals surface area contributed by atoms with Gasteiger partial charge in [-0.2, -0.15) is 0 Å². The van der Waals surface area contributed by atoms with Crippen LogP contribution in [-0.4, -0.2) is 36.6 Å². The summed E-state index contributed by atoms with van der Waals surface area (Å²) in [6.45, 7) is 5.84. The molecule has 1 aromatic rings. The van der Waals surface area contributed by atoms with Crippen molar-refractivity contribution in [2.75, 3.05) is 13.6 Å². The van der Waals surface area contributed by atoms with Crippen molar-refractivity contribution in [1.82, 2.24) is 10.2 Å². The summed E-state index contributed by atoms with van der Waals surface area (Å²) in [7, 11) is 2.23. The number of halogens is 1. The largest absolute Gasteiger partial charge is 0.311 e. The Morgan fingerprint density at radius 1 is 1.37 bits per heavy atom. The van der Waals surface area contributed by atoms with Gasteiger partial charge in [-0.05, 0) is 64.4 Å². The van der Waals surface area contributed by atoms with Crippen molar-refractivity contribution in [2.45, 2.75) is 51.2 Å². The number of piperidine rings is 1. The van der Waals surface area contributed by atoms with Crippen LogP contribution in [0.1, 0.15) is 32.3 Å². The van der Waals surface area contributed by atoms with Crippen LogP contribution in [0, 0.1) is 0 Å². The second-order valence-corrected chi connectivity index (χ2v) is 6.86. The minimum atomic E-state index is 0.543. The van der Waals surface area contributed by atoms with Crippen molar-refractivity contribution >= 4 is 15.9 Å². The van der Waals surface area contributed by atoms with Gasteiger partial charge >= 0.3 is 0 Å². The van der Waals surface area contributed by atoms with Crippen molar-refractivity contribution in [3.8, 4) is 0 Å². The van der Waals surface area contributed by atoms with Crippen LogP contribution in [0.15, 0.2) is 28.7 Å². The molecular weight excluding hydrogens is 300 g/mol. The van der Waals surface area contributed by atoms with Crippen LogP contribution < -0.4 is 5.32 Å². The standard InChI is InChI=1S/C16H25BrN2/c1-12(10-14-4-6-15(17)7-5-14)18-16-8-9-19(3)13(2)11-16/h4-7,12-13,16,18H,8-11H2,1-3H3. The summed E-state index contributed by atoms with van der Waals surface area (Å²) in [5, 5.41) is 3.79. The number of rotatable bonds is 4. The van der Waals surface area contributed by atoms with E-state index in [0.717, 1.165) is 10.9 Å². The maximum absolute atomic E-state index is 3.79. The summed E-state index contributed by atoms with van der Waals surface area (Å²) in [4.78, 5) is 2.46. The number of likely N-dealkylation sites (tertiary alicyclic amines) is 1. The molecule has 0 aliphatic carbocycles. The van der Waals surface area contributed by atoms with E-state index in [0.29, 0.717) is 18.1 Å². The summed E-state index contributed by atoms with van der Waals surface area (Å²) >= 11 is 3.48. The summed E-state index contributed by atoms with van der Waals surface area (Å²) in [6.07, 6.45) is 3.64. The Balaban J connectivity index is 1.81. The molecular formula is C16H25BrN2. The molecule has 0 amide bonds. The Morgan fingerprint density at radius 3 is 2.68 bits per heavy atom. The molecule has 19 heavy (non-hydrogen) atoms. The van der Waals surface area contributed by atoms with Gasteiger partial charge in [-0.25, -0.2) is 0 Å². The molecule has 1 aromatic carbocycles. The molecule has 0 saturated carbocycles. The van der Waals surface area contributed by atoms with Crippen molar-refractivity contribution in [3.63, 3.8) is 0 Å². The Kier molecular flexibility index (Phi) is 5.43. The molecule has 106 valence electrons. The molecule has 2 rings (SSSR count). The zero-order valence-electron chi connectivity index (χ0n) is 12.2. The second kappa shape index (κ2) is 6.87. The minimum absolute atomic E-state index is 0.543. The van der Waals surface area contributed by atoms with Gasteiger partial charge in [0.15, 0.2) is 0 Å². The van der Waals surface area contributed by atoms with Gasteiger partial charge < -0.3 is 10.2 Å². The highest BCUT2D eigenvalue weighted by atomic mass is 79.9. The molecule has 2 nitrogen and oxygen atoms in total. The summed E-state index contributed by atoms with van der Waals surface area (Å²) in [6, 6.07) is 10.6. The van der Waals surface area contributed by atoms with Gasteiger partial charge in [0.25, 0.3) is 0 Å². The van der Waals surface area contributed by atoms with Gasteiger partial charge in [-0.1, -0.05) is 28.1 Å². The normalized spacial score (nSPS) is 26.3. The Morgan fingerprint density at radius 2 is 2.05 bits per heavy atom. The number of benzene rings is 1. The SMILES string of the molecule is CC(Cc1ccc(Br)cc1)NC1CCN(C)C(C)C1. The van der Waals surface area contributed by atoms with Crippen LogP contribution in [0.2, 0.25) is 0 Å². The Labute approximate surface area is 125 Å². The first-order valence-electron chi connectivity index (χ1n) is 7.25. The molecule has 1 aliphatic heterocycles. The van der Waals surface area contributed by atoms with Crippen molar-refractivity contribution in [3.05, 3.63) is 34.3 Å². The third-order valence-electron chi connectivity index (χ3n) is 4.18. The molecule has 0 spiro atoms. The highest BCUT2D eigenvalue weighted by Gasteiger charge is 2.23. The second-order valence-electron chi connectivity index (χ2n) is 5.95. The van der Waals surface area contributed by atoms with Crippen LogP contribution in [0.4, 0.5) is 0 Å². The molecule has 1 N–H and O–H groups in total. The molecule has 1 fully saturated rings. The summed E-state index contributed by atoms with van der Waals surface area (Å²) in [5.41, 5.74) is 1.41. The third kappa shape index (κ3) is 4.59. The van der Waals surface area contributed by atoms with Gasteiger partial charge in [-0.3, -0.25) is 0 Å². The van der Waals surface area contributed by atoms with Crippen molar-refractivity contribution in [2.24, 2.45) is 0 Å². The molecule has 3 unspecified atom stereocenters. The van der Waals surface area contributed by atoms with E-state index in [1.54, 1.807) is 0 Å². The lowest BCUT2D eigenvalue weighted by Gasteiger charge is -2.36. The number of hydrogen-bond acceptors (Lipinski definition) is 2. The van der Waals surface area contributed by atoms with E-state index in [2.05, 4.69) is 71.3 Å². The van der Waals surface area contributed by atoms with E-state index in [4.69, 9.17) is 0 Å². The Bertz CT molecular complexity index is 390. The van der Waals surface area contributed by atoms with Gasteiger partial charge in [0, 0.05) is 22.6 Å². The quantitative estimate of drug-likeness (QED) is 0.912. The van der Waals surface area contributed by atoms with Crippen molar-refractivity contribution in [1.29, 1.82) is 0 Å².